The van der Waals surface area contributed by atoms with E-state index in [4.69, 9.17) is 0 Å². The van der Waals surface area contributed by atoms with Crippen LogP contribution in [0.4, 0.5) is 0 Å². The summed E-state index contributed by atoms with van der Waals surface area (Å²) in [5.41, 5.74) is 3.43. The molecule has 4 saturated carbocycles. The van der Waals surface area contributed by atoms with E-state index in [0.717, 1.165) is 50.6 Å². The van der Waals surface area contributed by atoms with Crippen LogP contribution in [-0.2, 0) is 29.7 Å². The van der Waals surface area contributed by atoms with Crippen LogP contribution in [-0.4, -0.2) is 30.9 Å². The fourth-order valence-electron chi connectivity index (χ4n) is 7.43. The summed E-state index contributed by atoms with van der Waals surface area (Å²) in [7, 11) is 0. The molecule has 0 aromatic carbocycles. The van der Waals surface area contributed by atoms with Crippen LogP contribution in [0.1, 0.15) is 74.7 Å². The number of hydrogen-bond acceptors (Lipinski definition) is 4. The zero-order valence-electron chi connectivity index (χ0n) is 17.0. The highest BCUT2D eigenvalue weighted by molar-refractivity contribution is 5.83. The van der Waals surface area contributed by atoms with E-state index in [-0.39, 0.29) is 16.9 Å². The lowest BCUT2D eigenvalue weighted by atomic mass is 9.46. The lowest BCUT2D eigenvalue weighted by Gasteiger charge is -2.60. The van der Waals surface area contributed by atoms with E-state index < -0.39 is 0 Å². The van der Waals surface area contributed by atoms with E-state index in [1.807, 2.05) is 6.33 Å². The number of aryl methyl sites for hydroxylation is 1. The Hall–Kier alpha value is -2.18. The van der Waals surface area contributed by atoms with Crippen molar-refractivity contribution in [2.75, 3.05) is 0 Å². The number of H-pyrrole nitrogens is 1. The third-order valence-corrected chi connectivity index (χ3v) is 8.23. The zero-order valence-corrected chi connectivity index (χ0v) is 17.0. The number of hydrogen-bond donors (Lipinski definition) is 2. The van der Waals surface area contributed by atoms with Gasteiger partial charge >= 0.3 is 0 Å². The van der Waals surface area contributed by atoms with Gasteiger partial charge in [0, 0.05) is 5.69 Å². The van der Waals surface area contributed by atoms with E-state index in [1.165, 1.54) is 36.9 Å². The number of aromatic amines is 1. The molecule has 0 radical (unpaired) electrons. The first kappa shape index (κ1) is 17.7. The number of nitrogens with one attached hydrogen (secondary N) is 2. The Morgan fingerprint density at radius 1 is 1.17 bits per heavy atom. The van der Waals surface area contributed by atoms with Crippen molar-refractivity contribution in [1.29, 1.82) is 0 Å². The molecule has 5 aliphatic carbocycles. The van der Waals surface area contributed by atoms with Crippen molar-refractivity contribution >= 4 is 5.91 Å². The minimum atomic E-state index is -0.247. The van der Waals surface area contributed by atoms with Crippen molar-refractivity contribution in [2.24, 2.45) is 17.3 Å². The quantitative estimate of drug-likeness (QED) is 0.781. The van der Waals surface area contributed by atoms with Gasteiger partial charge in [-0.2, -0.15) is 10.2 Å². The standard InChI is InChI=1S/C22H30N6O/c29-20(24-11-19-17-4-2-1-3-5-18(17)26-27-19)21-7-15-6-16(8-21)10-22(9-15,12-21)28-14-23-13-25-28/h13-16H,1-12H2,(H,24,29)(H,26,27). The first-order chi connectivity index (χ1) is 14.2. The summed E-state index contributed by atoms with van der Waals surface area (Å²) in [5.74, 6) is 1.50. The number of carbonyl (C=O) groups is 1. The summed E-state index contributed by atoms with van der Waals surface area (Å²) in [6.45, 7) is 0.554. The highest BCUT2D eigenvalue weighted by Crippen LogP contribution is 2.64. The van der Waals surface area contributed by atoms with Gasteiger partial charge in [-0.15, -0.1) is 0 Å². The fraction of sp³-hybridized carbons (Fsp3) is 0.727. The van der Waals surface area contributed by atoms with Crippen molar-refractivity contribution in [1.82, 2.24) is 30.3 Å². The summed E-state index contributed by atoms with van der Waals surface area (Å²) < 4.78 is 2.07. The molecule has 2 heterocycles. The largest absolute Gasteiger partial charge is 0.350 e. The predicted octanol–water partition coefficient (Wildman–Crippen LogP) is 2.88. The fourth-order valence-corrected chi connectivity index (χ4v) is 7.43. The highest BCUT2D eigenvalue weighted by Gasteiger charge is 2.61. The van der Waals surface area contributed by atoms with Gasteiger partial charge < -0.3 is 5.32 Å². The van der Waals surface area contributed by atoms with Crippen molar-refractivity contribution in [3.8, 4) is 0 Å². The number of aromatic nitrogens is 5. The summed E-state index contributed by atoms with van der Waals surface area (Å²) >= 11 is 0. The molecule has 2 atom stereocenters. The van der Waals surface area contributed by atoms with Gasteiger partial charge in [0.25, 0.3) is 0 Å². The molecular formula is C22H30N6O. The van der Waals surface area contributed by atoms with Crippen LogP contribution in [0, 0.1) is 17.3 Å². The number of rotatable bonds is 4. The van der Waals surface area contributed by atoms with Gasteiger partial charge in [-0.3, -0.25) is 9.89 Å². The molecule has 7 nitrogen and oxygen atoms in total. The normalized spacial score (nSPS) is 35.3. The Bertz CT molecular complexity index is 902. The first-order valence-corrected chi connectivity index (χ1v) is 11.3. The number of fused-ring (bicyclic) bond motifs is 1. The maximum absolute atomic E-state index is 13.5. The van der Waals surface area contributed by atoms with Crippen molar-refractivity contribution in [3.05, 3.63) is 29.6 Å². The van der Waals surface area contributed by atoms with Gasteiger partial charge in [0.05, 0.1) is 23.2 Å². The van der Waals surface area contributed by atoms with Gasteiger partial charge in [-0.25, -0.2) is 9.67 Å². The summed E-state index contributed by atoms with van der Waals surface area (Å²) in [5, 5.41) is 15.6. The van der Waals surface area contributed by atoms with Gasteiger partial charge in [0.2, 0.25) is 5.91 Å². The lowest BCUT2D eigenvalue weighted by molar-refractivity contribution is -0.156. The van der Waals surface area contributed by atoms with Crippen LogP contribution in [0.25, 0.3) is 0 Å². The molecule has 29 heavy (non-hydrogen) atoms. The van der Waals surface area contributed by atoms with Crippen molar-refractivity contribution < 1.29 is 4.79 Å². The molecule has 2 aromatic rings. The third-order valence-electron chi connectivity index (χ3n) is 8.23. The maximum atomic E-state index is 13.5. The molecule has 1 amide bonds. The number of carbonyl (C=O) groups excluding carboxylic acids is 1. The minimum Gasteiger partial charge on any atom is -0.350 e. The molecule has 7 rings (SSSR count). The first-order valence-electron chi connectivity index (χ1n) is 11.3. The van der Waals surface area contributed by atoms with E-state index in [1.54, 1.807) is 6.33 Å². The molecule has 154 valence electrons. The smallest absolute Gasteiger partial charge is 0.226 e. The van der Waals surface area contributed by atoms with Crippen molar-refractivity contribution in [3.63, 3.8) is 0 Å². The maximum Gasteiger partial charge on any atom is 0.226 e. The molecule has 5 aliphatic rings. The Morgan fingerprint density at radius 3 is 2.79 bits per heavy atom. The monoisotopic (exact) mass is 394 g/mol. The summed E-state index contributed by atoms with van der Waals surface area (Å²) in [6, 6.07) is 0. The minimum absolute atomic E-state index is 0.0126. The van der Waals surface area contributed by atoms with E-state index >= 15 is 0 Å². The SMILES string of the molecule is O=C(NCc1n[nH]c2c1CCCCC2)C12CC3CC(C1)CC(n1cncn1)(C3)C2. The molecular weight excluding hydrogens is 364 g/mol. The average molecular weight is 395 g/mol. The van der Waals surface area contributed by atoms with Gasteiger partial charge in [-0.05, 0) is 81.6 Å². The van der Waals surface area contributed by atoms with Crippen LogP contribution in [0.15, 0.2) is 12.7 Å². The zero-order chi connectivity index (χ0) is 19.5. The van der Waals surface area contributed by atoms with Gasteiger partial charge in [0.1, 0.15) is 12.7 Å². The molecule has 2 N–H and O–H groups in total. The van der Waals surface area contributed by atoms with E-state index in [2.05, 4.69) is 30.3 Å². The van der Waals surface area contributed by atoms with Crippen LogP contribution >= 0.6 is 0 Å². The highest BCUT2D eigenvalue weighted by atomic mass is 16.2. The van der Waals surface area contributed by atoms with E-state index in [9.17, 15) is 4.79 Å². The summed E-state index contributed by atoms with van der Waals surface area (Å²) in [4.78, 5) is 17.8. The Morgan fingerprint density at radius 2 is 2.00 bits per heavy atom. The Labute approximate surface area is 171 Å². The molecule has 2 unspecified atom stereocenters. The topological polar surface area (TPSA) is 88.5 Å². The molecule has 0 saturated heterocycles. The predicted molar refractivity (Wildman–Crippen MR) is 107 cm³/mol. The third kappa shape index (κ3) is 2.76. The van der Waals surface area contributed by atoms with Crippen LogP contribution in [0.2, 0.25) is 0 Å². The summed E-state index contributed by atoms with van der Waals surface area (Å²) in [6.07, 6.45) is 15.9. The second-order valence-corrected chi connectivity index (χ2v) is 10.2. The Kier molecular flexibility index (Phi) is 3.90. The van der Waals surface area contributed by atoms with Crippen LogP contribution in [0.3, 0.4) is 0 Å². The number of nitrogens with zero attached hydrogens (tertiary/aromatic N) is 4. The molecule has 7 heteroatoms. The average Bonchev–Trinajstić information content (AvgIpc) is 3.31. The second-order valence-electron chi connectivity index (χ2n) is 10.2. The Balaban J connectivity index is 1.23. The van der Waals surface area contributed by atoms with Gasteiger partial charge in [-0.1, -0.05) is 6.42 Å². The molecule has 4 fully saturated rings. The second kappa shape index (κ2) is 6.41. The molecule has 0 aliphatic heterocycles. The molecule has 0 spiro atoms. The van der Waals surface area contributed by atoms with Crippen LogP contribution in [0.5, 0.6) is 0 Å². The van der Waals surface area contributed by atoms with Crippen molar-refractivity contribution in [2.45, 2.75) is 82.7 Å². The number of amides is 1. The molecule has 4 bridgehead atoms. The van der Waals surface area contributed by atoms with Gasteiger partial charge in [0.15, 0.2) is 0 Å². The van der Waals surface area contributed by atoms with Crippen LogP contribution < -0.4 is 5.32 Å². The van der Waals surface area contributed by atoms with E-state index in [0.29, 0.717) is 18.4 Å². The lowest BCUT2D eigenvalue weighted by Crippen LogP contribution is -2.61. The molecule has 2 aromatic heterocycles.